The molecule has 1 aliphatic carbocycles. The van der Waals surface area contributed by atoms with E-state index in [1.54, 1.807) is 0 Å². The number of esters is 1. The lowest BCUT2D eigenvalue weighted by Gasteiger charge is -2.30. The zero-order valence-corrected chi connectivity index (χ0v) is 20.3. The number of aliphatic carboxylic acids is 1. The van der Waals surface area contributed by atoms with Crippen molar-refractivity contribution in [2.24, 2.45) is 5.92 Å². The molecule has 1 fully saturated rings. The van der Waals surface area contributed by atoms with Crippen LogP contribution in [0.5, 0.6) is 0 Å². The zero-order valence-electron chi connectivity index (χ0n) is 20.3. The Morgan fingerprint density at radius 3 is 2.62 bits per heavy atom. The molecule has 1 amide bonds. The highest BCUT2D eigenvalue weighted by Crippen LogP contribution is 2.32. The van der Waals surface area contributed by atoms with E-state index < -0.39 is 35.5 Å². The lowest BCUT2D eigenvalue weighted by atomic mass is 9.82. The first-order chi connectivity index (χ1) is 17.8. The van der Waals surface area contributed by atoms with E-state index in [0.29, 0.717) is 0 Å². The summed E-state index contributed by atoms with van der Waals surface area (Å²) in [7, 11) is 1.22. The summed E-state index contributed by atoms with van der Waals surface area (Å²) in [5.74, 6) is -3.10. The number of nitrogens with one attached hydrogen (secondary N) is 2. The van der Waals surface area contributed by atoms with Gasteiger partial charge in [-0.15, -0.1) is 0 Å². The van der Waals surface area contributed by atoms with Gasteiger partial charge in [0.2, 0.25) is 0 Å². The quantitative estimate of drug-likeness (QED) is 0.369. The van der Waals surface area contributed by atoms with E-state index in [1.165, 1.54) is 29.8 Å². The second kappa shape index (κ2) is 11.4. The summed E-state index contributed by atoms with van der Waals surface area (Å²) in [4.78, 5) is 40.7. The predicted molar refractivity (Wildman–Crippen MR) is 131 cm³/mol. The largest absolute Gasteiger partial charge is 0.481 e. The number of hydrogen-bond donors (Lipinski definition) is 3. The molecule has 37 heavy (non-hydrogen) atoms. The number of carbonyl (C=O) groups excluding carboxylic acids is 2. The van der Waals surface area contributed by atoms with Crippen LogP contribution in [0.15, 0.2) is 36.5 Å². The normalized spacial score (nSPS) is 14.8. The second-order valence-electron chi connectivity index (χ2n) is 9.08. The summed E-state index contributed by atoms with van der Waals surface area (Å²) in [6.07, 6.45) is 6.15. The molecule has 3 aromatic rings. The Hall–Kier alpha value is -4.02. The number of halogens is 2. The number of nitrogens with zero attached hydrogens (tertiary/aromatic N) is 2. The Morgan fingerprint density at radius 2 is 1.92 bits per heavy atom. The highest BCUT2D eigenvalue weighted by atomic mass is 19.1. The minimum Gasteiger partial charge on any atom is -0.481 e. The highest BCUT2D eigenvalue weighted by molar-refractivity contribution is 5.96. The molecule has 0 aliphatic heterocycles. The van der Waals surface area contributed by atoms with Crippen LogP contribution in [-0.4, -0.2) is 52.0 Å². The molecular weight excluding hydrogens is 486 g/mol. The van der Waals surface area contributed by atoms with Gasteiger partial charge in [-0.05, 0) is 49.1 Å². The molecule has 11 heteroatoms. The summed E-state index contributed by atoms with van der Waals surface area (Å²) in [6, 6.07) is 5.43. The molecule has 2 heterocycles. The van der Waals surface area contributed by atoms with Crippen LogP contribution in [0.1, 0.15) is 48.9 Å². The summed E-state index contributed by atoms with van der Waals surface area (Å²) in [5.41, 5.74) is 0.394. The van der Waals surface area contributed by atoms with Crippen molar-refractivity contribution in [3.05, 3.63) is 53.7 Å². The van der Waals surface area contributed by atoms with Crippen molar-refractivity contribution in [3.8, 4) is 11.3 Å². The summed E-state index contributed by atoms with van der Waals surface area (Å²) >= 11 is 0. The minimum absolute atomic E-state index is 0.0458. The molecule has 3 N–H and O–H groups in total. The third kappa shape index (κ3) is 6.04. The molecule has 0 bridgehead atoms. The van der Waals surface area contributed by atoms with Gasteiger partial charge in [0.05, 0.1) is 13.5 Å². The van der Waals surface area contributed by atoms with Crippen molar-refractivity contribution in [1.29, 1.82) is 0 Å². The summed E-state index contributed by atoms with van der Waals surface area (Å²) in [5, 5.41) is 15.1. The Bertz CT molecular complexity index is 1320. The van der Waals surface area contributed by atoms with Gasteiger partial charge in [0.25, 0.3) is 5.91 Å². The lowest BCUT2D eigenvalue weighted by Crippen LogP contribution is -2.42. The molecule has 0 radical (unpaired) electrons. The summed E-state index contributed by atoms with van der Waals surface area (Å²) < 4.78 is 34.7. The number of aromatic nitrogens is 2. The zero-order chi connectivity index (χ0) is 26.5. The summed E-state index contributed by atoms with van der Waals surface area (Å²) in [6.45, 7) is -0.255. The van der Waals surface area contributed by atoms with Gasteiger partial charge in [-0.1, -0.05) is 19.3 Å². The number of rotatable bonds is 9. The first-order valence-electron chi connectivity index (χ1n) is 12.1. The molecule has 4 rings (SSSR count). The molecule has 1 atom stereocenters. The molecule has 0 saturated heterocycles. The monoisotopic (exact) mass is 514 g/mol. The number of fused-ring (bicyclic) bond motifs is 1. The number of methoxy groups -OCH3 is 1. The van der Waals surface area contributed by atoms with Crippen LogP contribution in [0.2, 0.25) is 0 Å². The van der Waals surface area contributed by atoms with Gasteiger partial charge in [-0.25, -0.2) is 13.8 Å². The van der Waals surface area contributed by atoms with Gasteiger partial charge in [-0.2, -0.15) is 0 Å². The van der Waals surface area contributed by atoms with Crippen molar-refractivity contribution in [1.82, 2.24) is 14.7 Å². The predicted octanol–water partition coefficient (Wildman–Crippen LogP) is 4.02. The smallest absolute Gasteiger partial charge is 0.325 e. The first-order valence-corrected chi connectivity index (χ1v) is 12.1. The van der Waals surface area contributed by atoms with E-state index in [-0.39, 0.29) is 47.2 Å². The molecule has 1 aliphatic rings. The topological polar surface area (TPSA) is 122 Å². The fourth-order valence-electron chi connectivity index (χ4n) is 4.76. The Balaban J connectivity index is 1.68. The van der Waals surface area contributed by atoms with Crippen LogP contribution in [-0.2, 0) is 14.3 Å². The van der Waals surface area contributed by atoms with Crippen LogP contribution < -0.4 is 10.6 Å². The van der Waals surface area contributed by atoms with Crippen LogP contribution >= 0.6 is 0 Å². The maximum absolute atomic E-state index is 14.6. The van der Waals surface area contributed by atoms with Gasteiger partial charge >= 0.3 is 11.9 Å². The number of amides is 1. The third-order valence-corrected chi connectivity index (χ3v) is 6.63. The average Bonchev–Trinajstić information content (AvgIpc) is 3.25. The first kappa shape index (κ1) is 26.1. The van der Waals surface area contributed by atoms with Crippen molar-refractivity contribution in [2.75, 3.05) is 19.0 Å². The molecule has 0 spiro atoms. The SMILES string of the molecule is COC(=O)CNc1c(-c2cc(F)ccc2F)nc2cc(C(=O)NC(CC(=O)O)C3CCCCC3)ccn12. The highest BCUT2D eigenvalue weighted by Gasteiger charge is 2.28. The number of ether oxygens (including phenoxy) is 1. The van der Waals surface area contributed by atoms with Crippen molar-refractivity contribution in [3.63, 3.8) is 0 Å². The molecule has 196 valence electrons. The number of benzene rings is 1. The molecule has 1 unspecified atom stereocenters. The Labute approximate surface area is 211 Å². The number of anilines is 1. The standard InChI is InChI=1S/C26H28F2N4O5/c1-37-23(35)14-29-25-24(18-12-17(27)7-8-19(18)28)31-21-11-16(9-10-32(21)25)26(36)30-20(13-22(33)34)15-5-3-2-4-6-15/h7-12,15,20,29H,2-6,13-14H2,1H3,(H,30,36)(H,33,34). The number of carboxylic acid groups (broad SMARTS) is 1. The van der Waals surface area contributed by atoms with Crippen LogP contribution in [0.4, 0.5) is 14.6 Å². The number of carboxylic acids is 1. The maximum atomic E-state index is 14.6. The average molecular weight is 515 g/mol. The Morgan fingerprint density at radius 1 is 1.16 bits per heavy atom. The van der Waals surface area contributed by atoms with E-state index >= 15 is 0 Å². The van der Waals surface area contributed by atoms with Gasteiger partial charge in [0, 0.05) is 23.4 Å². The second-order valence-corrected chi connectivity index (χ2v) is 9.08. The fraction of sp³-hybridized carbons (Fsp3) is 0.385. The number of carbonyl (C=O) groups is 3. The van der Waals surface area contributed by atoms with Crippen LogP contribution in [0.25, 0.3) is 16.9 Å². The van der Waals surface area contributed by atoms with Gasteiger partial charge in [0.15, 0.2) is 0 Å². The number of hydrogen-bond acceptors (Lipinski definition) is 6. The minimum atomic E-state index is -0.984. The molecule has 1 saturated carbocycles. The van der Waals surface area contributed by atoms with Crippen molar-refractivity contribution in [2.45, 2.75) is 44.6 Å². The van der Waals surface area contributed by atoms with Crippen molar-refractivity contribution >= 4 is 29.3 Å². The van der Waals surface area contributed by atoms with E-state index in [2.05, 4.69) is 20.4 Å². The van der Waals surface area contributed by atoms with E-state index in [4.69, 9.17) is 0 Å². The number of pyridine rings is 1. The van der Waals surface area contributed by atoms with Gasteiger partial charge in [-0.3, -0.25) is 18.8 Å². The van der Waals surface area contributed by atoms with E-state index in [9.17, 15) is 28.3 Å². The Kier molecular flexibility index (Phi) is 8.00. The van der Waals surface area contributed by atoms with E-state index in [0.717, 1.165) is 50.3 Å². The molecular formula is C26H28F2N4O5. The molecule has 9 nitrogen and oxygen atoms in total. The van der Waals surface area contributed by atoms with Crippen LogP contribution in [0, 0.1) is 17.6 Å². The van der Waals surface area contributed by atoms with Crippen molar-refractivity contribution < 1.29 is 33.0 Å². The van der Waals surface area contributed by atoms with Crippen LogP contribution in [0.3, 0.4) is 0 Å². The van der Waals surface area contributed by atoms with E-state index in [1.807, 2.05) is 0 Å². The molecule has 1 aromatic carbocycles. The van der Waals surface area contributed by atoms with Gasteiger partial charge < -0.3 is 20.5 Å². The van der Waals surface area contributed by atoms with Gasteiger partial charge in [0.1, 0.15) is 35.3 Å². The molecule has 2 aromatic heterocycles. The number of imidazole rings is 1. The lowest BCUT2D eigenvalue weighted by molar-refractivity contribution is -0.139. The maximum Gasteiger partial charge on any atom is 0.325 e. The fourth-order valence-corrected chi connectivity index (χ4v) is 4.76. The third-order valence-electron chi connectivity index (χ3n) is 6.63.